The Morgan fingerprint density at radius 3 is 1.33 bits per heavy atom. The van der Waals surface area contributed by atoms with Crippen molar-refractivity contribution in [3.63, 3.8) is 0 Å². The summed E-state index contributed by atoms with van der Waals surface area (Å²) in [6.45, 7) is 7.86. The Morgan fingerprint density at radius 1 is 0.917 bits per heavy atom. The first-order chi connectivity index (χ1) is 5.85. The van der Waals surface area contributed by atoms with Gasteiger partial charge in [-0.25, -0.2) is 0 Å². The van der Waals surface area contributed by atoms with Gasteiger partial charge in [-0.15, -0.1) is 0 Å². The number of hydrogen-bond acceptors (Lipinski definition) is 3. The molecular weight excluding hydrogens is 268 g/mol. The summed E-state index contributed by atoms with van der Waals surface area (Å²) in [5.74, 6) is 0. The molecule has 6 heteroatoms. The van der Waals surface area contributed by atoms with E-state index in [2.05, 4.69) is 0 Å². The van der Waals surface area contributed by atoms with Crippen molar-refractivity contribution in [1.29, 1.82) is 0 Å². The van der Waals surface area contributed by atoms with Gasteiger partial charge in [0.05, 0.1) is 0 Å². The molecule has 0 saturated heterocycles. The SMILES string of the molecule is CCO[SiH](OCC)OCC.[F][Ru]. The zero-order valence-electron chi connectivity index (χ0n) is 7.65. The van der Waals surface area contributed by atoms with Gasteiger partial charge in [-0.05, 0) is 20.8 Å². The summed E-state index contributed by atoms with van der Waals surface area (Å²) in [4.78, 5) is 0. The summed E-state index contributed by atoms with van der Waals surface area (Å²) in [5, 5.41) is 0. The van der Waals surface area contributed by atoms with Gasteiger partial charge in [-0.3, -0.25) is 0 Å². The second-order valence-corrected chi connectivity index (χ2v) is 3.23. The van der Waals surface area contributed by atoms with E-state index in [1.54, 1.807) is 0 Å². The Kier molecular flexibility index (Phi) is 17.9. The third kappa shape index (κ3) is 10.7. The van der Waals surface area contributed by atoms with Crippen LogP contribution in [-0.2, 0) is 32.1 Å². The van der Waals surface area contributed by atoms with Gasteiger partial charge < -0.3 is 13.3 Å². The zero-order chi connectivity index (χ0) is 9.82. The molecule has 0 heterocycles. The summed E-state index contributed by atoms with van der Waals surface area (Å²) in [6.07, 6.45) is 0. The van der Waals surface area contributed by atoms with E-state index in [1.165, 1.54) is 0 Å². The maximum atomic E-state index is 9.43. The van der Waals surface area contributed by atoms with Crippen LogP contribution < -0.4 is 0 Å². The minimum atomic E-state index is -1.73. The van der Waals surface area contributed by atoms with E-state index in [4.69, 9.17) is 13.3 Å². The molecular formula is C6H16FO3RuSi. The molecule has 0 rings (SSSR count). The van der Waals surface area contributed by atoms with Gasteiger partial charge in [0.1, 0.15) is 0 Å². The fourth-order valence-corrected chi connectivity index (χ4v) is 1.66. The Labute approximate surface area is 85.8 Å². The Bertz CT molecular complexity index is 65.5. The molecule has 77 valence electrons. The van der Waals surface area contributed by atoms with Crippen molar-refractivity contribution >= 4 is 9.53 Å². The van der Waals surface area contributed by atoms with E-state index in [1.807, 2.05) is 20.8 Å². The fraction of sp³-hybridized carbons (Fsp3) is 1.00. The molecule has 0 unspecified atom stereocenters. The van der Waals surface area contributed by atoms with Crippen LogP contribution >= 0.6 is 0 Å². The number of rotatable bonds is 6. The molecule has 12 heavy (non-hydrogen) atoms. The van der Waals surface area contributed by atoms with Crippen molar-refractivity contribution in [2.75, 3.05) is 19.8 Å². The Balaban J connectivity index is 0. The van der Waals surface area contributed by atoms with E-state index in [-0.39, 0.29) is 0 Å². The standard InChI is InChI=1S/C6H16O3Si.FH.Ru/c1-4-7-10(8-5-2)9-6-3;;/h10H,4-6H2,1-3H3;1H;/q;;+1/p-1. The average molecular weight is 284 g/mol. The van der Waals surface area contributed by atoms with Crippen LogP contribution in [0.3, 0.4) is 0 Å². The second-order valence-electron chi connectivity index (χ2n) is 1.65. The van der Waals surface area contributed by atoms with Crippen LogP contribution in [0.2, 0.25) is 0 Å². The van der Waals surface area contributed by atoms with Gasteiger partial charge >= 0.3 is 31.6 Å². The monoisotopic (exact) mass is 285 g/mol. The first kappa shape index (κ1) is 15.1. The first-order valence-electron chi connectivity index (χ1n) is 3.83. The molecule has 0 aliphatic carbocycles. The van der Waals surface area contributed by atoms with Crippen LogP contribution in [0.5, 0.6) is 0 Å². The fourth-order valence-electron chi connectivity index (χ4n) is 0.553. The molecule has 0 radical (unpaired) electrons. The van der Waals surface area contributed by atoms with Crippen molar-refractivity contribution in [3.05, 3.63) is 0 Å². The average Bonchev–Trinajstić information content (AvgIpc) is 2.10. The summed E-state index contributed by atoms with van der Waals surface area (Å²) in [7, 11) is -1.73. The van der Waals surface area contributed by atoms with Gasteiger partial charge in [0, 0.05) is 19.8 Å². The molecule has 3 nitrogen and oxygen atoms in total. The van der Waals surface area contributed by atoms with Crippen LogP contribution in [-0.4, -0.2) is 29.3 Å². The van der Waals surface area contributed by atoms with Crippen LogP contribution in [0.25, 0.3) is 0 Å². The van der Waals surface area contributed by atoms with Crippen molar-refractivity contribution in [2.24, 2.45) is 0 Å². The van der Waals surface area contributed by atoms with Crippen molar-refractivity contribution in [3.8, 4) is 0 Å². The maximum absolute atomic E-state index is 9.43. The first-order valence-corrected chi connectivity index (χ1v) is 5.90. The van der Waals surface area contributed by atoms with Gasteiger partial charge in [0.25, 0.3) is 0 Å². The van der Waals surface area contributed by atoms with Gasteiger partial charge in [0.2, 0.25) is 0 Å². The normalized spacial score (nSPS) is 9.50. The molecule has 0 bridgehead atoms. The predicted octanol–water partition coefficient (Wildman–Crippen LogP) is 1.23. The molecule has 0 aromatic carbocycles. The zero-order valence-corrected chi connectivity index (χ0v) is 10.5. The molecule has 0 aromatic rings. The summed E-state index contributed by atoms with van der Waals surface area (Å²) in [6, 6.07) is 0. The van der Waals surface area contributed by atoms with Gasteiger partial charge in [-0.1, -0.05) is 0 Å². The molecule has 0 amide bonds. The van der Waals surface area contributed by atoms with Crippen molar-refractivity contribution < 1.29 is 35.4 Å². The number of halogens is 1. The van der Waals surface area contributed by atoms with Crippen LogP contribution in [0.1, 0.15) is 20.8 Å². The third-order valence-corrected chi connectivity index (χ3v) is 2.72. The topological polar surface area (TPSA) is 27.7 Å². The molecule has 0 atom stereocenters. The number of hydrogen-bond donors (Lipinski definition) is 0. The molecule has 0 aliphatic rings. The quantitative estimate of drug-likeness (QED) is 0.687. The van der Waals surface area contributed by atoms with Crippen LogP contribution in [0.15, 0.2) is 0 Å². The third-order valence-electron chi connectivity index (χ3n) is 0.908. The summed E-state index contributed by atoms with van der Waals surface area (Å²) >= 11 is 0.850. The van der Waals surface area contributed by atoms with Gasteiger partial charge in [0.15, 0.2) is 0 Å². The van der Waals surface area contributed by atoms with E-state index < -0.39 is 9.53 Å². The van der Waals surface area contributed by atoms with E-state index in [0.29, 0.717) is 19.8 Å². The van der Waals surface area contributed by atoms with Gasteiger partial charge in [-0.2, -0.15) is 0 Å². The molecule has 0 aliphatic heterocycles. The minimum absolute atomic E-state index is 0.677. The Hall–Kier alpha value is 0.650. The molecule has 0 fully saturated rings. The van der Waals surface area contributed by atoms with Crippen molar-refractivity contribution in [1.82, 2.24) is 0 Å². The van der Waals surface area contributed by atoms with Crippen LogP contribution in [0, 0.1) is 0 Å². The van der Waals surface area contributed by atoms with Crippen molar-refractivity contribution in [2.45, 2.75) is 20.8 Å². The molecule has 0 saturated carbocycles. The molecule has 0 aromatic heterocycles. The predicted molar refractivity (Wildman–Crippen MR) is 43.1 cm³/mol. The van der Waals surface area contributed by atoms with Crippen LogP contribution in [0.4, 0.5) is 3.32 Å². The molecule has 0 N–H and O–H groups in total. The summed E-state index contributed by atoms with van der Waals surface area (Å²) in [5.41, 5.74) is 0. The summed E-state index contributed by atoms with van der Waals surface area (Å²) < 4.78 is 25.1. The molecule has 0 spiro atoms. The Morgan fingerprint density at radius 2 is 1.17 bits per heavy atom. The van der Waals surface area contributed by atoms with E-state index in [9.17, 15) is 3.32 Å². The van der Waals surface area contributed by atoms with E-state index in [0.717, 1.165) is 18.8 Å². The van der Waals surface area contributed by atoms with E-state index >= 15 is 0 Å². The second kappa shape index (κ2) is 14.2.